The molecule has 2 aliphatic carbocycles. The van der Waals surface area contributed by atoms with Gasteiger partial charge in [0, 0.05) is 12.1 Å². The van der Waals surface area contributed by atoms with Crippen molar-refractivity contribution >= 4 is 20.0 Å². The molecule has 2 saturated carbocycles. The summed E-state index contributed by atoms with van der Waals surface area (Å²) >= 11 is 0. The molecule has 1 aromatic rings. The predicted molar refractivity (Wildman–Crippen MR) is 91.6 cm³/mol. The highest BCUT2D eigenvalue weighted by Crippen LogP contribution is 2.24. The van der Waals surface area contributed by atoms with E-state index in [9.17, 15) is 16.8 Å². The highest BCUT2D eigenvalue weighted by atomic mass is 32.2. The second-order valence-corrected chi connectivity index (χ2v) is 10.1. The van der Waals surface area contributed by atoms with E-state index < -0.39 is 20.0 Å². The minimum Gasteiger partial charge on any atom is -0.208 e. The smallest absolute Gasteiger partial charge is 0.208 e. The van der Waals surface area contributed by atoms with Gasteiger partial charge < -0.3 is 0 Å². The van der Waals surface area contributed by atoms with Crippen LogP contribution >= 0.6 is 0 Å². The van der Waals surface area contributed by atoms with E-state index >= 15 is 0 Å². The third-order valence-corrected chi connectivity index (χ3v) is 7.54. The van der Waals surface area contributed by atoms with Gasteiger partial charge in [0.2, 0.25) is 20.0 Å². The Labute approximate surface area is 144 Å². The predicted octanol–water partition coefficient (Wildman–Crippen LogP) is 2.13. The third kappa shape index (κ3) is 4.56. The van der Waals surface area contributed by atoms with Gasteiger partial charge in [-0.15, -0.1) is 0 Å². The Morgan fingerprint density at radius 1 is 0.708 bits per heavy atom. The molecule has 0 spiro atoms. The Hall–Kier alpha value is -0.960. The fourth-order valence-electron chi connectivity index (χ4n) is 2.98. The van der Waals surface area contributed by atoms with Crippen molar-refractivity contribution < 1.29 is 16.8 Å². The molecule has 2 N–H and O–H groups in total. The normalized spacial score (nSPS) is 20.7. The molecule has 8 heteroatoms. The fraction of sp³-hybridized carbons (Fsp3) is 0.625. The topological polar surface area (TPSA) is 92.3 Å². The molecule has 2 fully saturated rings. The molecule has 0 atom stereocenters. The van der Waals surface area contributed by atoms with Crippen LogP contribution in [0.4, 0.5) is 0 Å². The lowest BCUT2D eigenvalue weighted by Crippen LogP contribution is -2.34. The number of benzene rings is 1. The third-order valence-electron chi connectivity index (χ3n) is 4.50. The Balaban J connectivity index is 1.78. The number of hydrogen-bond donors (Lipinski definition) is 2. The van der Waals surface area contributed by atoms with Crippen molar-refractivity contribution in [2.45, 2.75) is 73.2 Å². The van der Waals surface area contributed by atoms with Crippen LogP contribution in [-0.4, -0.2) is 28.9 Å². The summed E-state index contributed by atoms with van der Waals surface area (Å²) in [5.74, 6) is 0. The van der Waals surface area contributed by atoms with E-state index in [1.54, 1.807) is 0 Å². The highest BCUT2D eigenvalue weighted by Gasteiger charge is 2.29. The van der Waals surface area contributed by atoms with Gasteiger partial charge in [-0.05, 0) is 43.9 Å². The Kier molecular flexibility index (Phi) is 5.29. The average molecular weight is 373 g/mol. The van der Waals surface area contributed by atoms with Crippen molar-refractivity contribution in [2.75, 3.05) is 0 Å². The maximum Gasteiger partial charge on any atom is 0.240 e. The molecule has 1 aromatic carbocycles. The van der Waals surface area contributed by atoms with Crippen molar-refractivity contribution in [3.05, 3.63) is 24.3 Å². The fourth-order valence-corrected chi connectivity index (χ4v) is 5.76. The van der Waals surface area contributed by atoms with E-state index in [2.05, 4.69) is 9.44 Å². The van der Waals surface area contributed by atoms with E-state index in [1.807, 2.05) is 0 Å². The minimum atomic E-state index is -3.71. The zero-order valence-corrected chi connectivity index (χ0v) is 15.2. The molecule has 134 valence electrons. The van der Waals surface area contributed by atoms with E-state index in [0.717, 1.165) is 51.4 Å². The summed E-state index contributed by atoms with van der Waals surface area (Å²) in [5.41, 5.74) is 0. The number of rotatable bonds is 6. The van der Waals surface area contributed by atoms with Crippen LogP contribution in [0.25, 0.3) is 0 Å². The summed E-state index contributed by atoms with van der Waals surface area (Å²) in [5, 5.41) is 0. The van der Waals surface area contributed by atoms with Crippen molar-refractivity contribution in [1.82, 2.24) is 9.44 Å². The van der Waals surface area contributed by atoms with Crippen molar-refractivity contribution in [3.8, 4) is 0 Å². The summed E-state index contributed by atoms with van der Waals surface area (Å²) in [7, 11) is -7.37. The molecule has 0 saturated heterocycles. The van der Waals surface area contributed by atoms with E-state index in [-0.39, 0.29) is 21.9 Å². The summed E-state index contributed by atoms with van der Waals surface area (Å²) in [6, 6.07) is 5.50. The Bertz CT molecular complexity index is 778. The van der Waals surface area contributed by atoms with Crippen molar-refractivity contribution in [2.24, 2.45) is 0 Å². The molecular weight excluding hydrogens is 348 g/mol. The molecule has 2 aliphatic rings. The van der Waals surface area contributed by atoms with Crippen LogP contribution in [0.5, 0.6) is 0 Å². The largest absolute Gasteiger partial charge is 0.240 e. The molecule has 0 radical (unpaired) electrons. The molecule has 0 amide bonds. The molecule has 3 rings (SSSR count). The van der Waals surface area contributed by atoms with Crippen molar-refractivity contribution in [3.63, 3.8) is 0 Å². The molecule has 6 nitrogen and oxygen atoms in total. The van der Waals surface area contributed by atoms with E-state index in [4.69, 9.17) is 0 Å². The lowest BCUT2D eigenvalue weighted by atomic mass is 10.1. The zero-order chi connectivity index (χ0) is 17.2. The summed E-state index contributed by atoms with van der Waals surface area (Å²) < 4.78 is 55.1. The molecule has 0 heterocycles. The van der Waals surface area contributed by atoms with Crippen LogP contribution < -0.4 is 9.44 Å². The first kappa shape index (κ1) is 17.8. The van der Waals surface area contributed by atoms with E-state index in [0.29, 0.717) is 0 Å². The van der Waals surface area contributed by atoms with Gasteiger partial charge in [0.15, 0.2) is 0 Å². The number of hydrogen-bond acceptors (Lipinski definition) is 4. The molecule has 24 heavy (non-hydrogen) atoms. The van der Waals surface area contributed by atoms with Gasteiger partial charge in [-0.2, -0.15) is 0 Å². The molecule has 0 aromatic heterocycles. The number of sulfonamides is 2. The lowest BCUT2D eigenvalue weighted by Gasteiger charge is -2.16. The van der Waals surface area contributed by atoms with Gasteiger partial charge in [0.25, 0.3) is 0 Å². The standard InChI is InChI=1S/C16H24N2O4S2/c19-23(20,17-13-6-3-1-2-4-7-13)15-8-5-9-16(12-15)24(21,22)18-14-10-11-14/h5,8-9,12-14,17-18H,1-4,6-7,10-11H2. The van der Waals surface area contributed by atoms with Crippen LogP contribution in [0.3, 0.4) is 0 Å². The quantitative estimate of drug-likeness (QED) is 0.748. The first-order chi connectivity index (χ1) is 11.4. The first-order valence-corrected chi connectivity index (χ1v) is 11.5. The minimum absolute atomic E-state index is 0.00172. The summed E-state index contributed by atoms with van der Waals surface area (Å²) in [4.78, 5) is 0.00330. The summed E-state index contributed by atoms with van der Waals surface area (Å²) in [6.45, 7) is 0. The Morgan fingerprint density at radius 3 is 1.62 bits per heavy atom. The maximum atomic E-state index is 12.6. The lowest BCUT2D eigenvalue weighted by molar-refractivity contribution is 0.510. The van der Waals surface area contributed by atoms with Gasteiger partial charge >= 0.3 is 0 Å². The van der Waals surface area contributed by atoms with Crippen LogP contribution in [0.1, 0.15) is 51.4 Å². The number of nitrogens with one attached hydrogen (secondary N) is 2. The molecule has 0 aliphatic heterocycles. The van der Waals surface area contributed by atoms with Crippen LogP contribution in [0, 0.1) is 0 Å². The van der Waals surface area contributed by atoms with Crippen LogP contribution in [0.2, 0.25) is 0 Å². The maximum absolute atomic E-state index is 12.6. The second kappa shape index (κ2) is 7.11. The van der Waals surface area contributed by atoms with Crippen LogP contribution in [0.15, 0.2) is 34.1 Å². The Morgan fingerprint density at radius 2 is 1.17 bits per heavy atom. The monoisotopic (exact) mass is 372 g/mol. The van der Waals surface area contributed by atoms with Gasteiger partial charge in [-0.3, -0.25) is 0 Å². The summed E-state index contributed by atoms with van der Waals surface area (Å²) in [6.07, 6.45) is 7.65. The van der Waals surface area contributed by atoms with Crippen LogP contribution in [-0.2, 0) is 20.0 Å². The van der Waals surface area contributed by atoms with E-state index in [1.165, 1.54) is 24.3 Å². The van der Waals surface area contributed by atoms with Gasteiger partial charge in [-0.1, -0.05) is 31.7 Å². The highest BCUT2D eigenvalue weighted by molar-refractivity contribution is 7.90. The molecule has 0 bridgehead atoms. The van der Waals surface area contributed by atoms with Gasteiger partial charge in [0.05, 0.1) is 9.79 Å². The average Bonchev–Trinajstić information content (AvgIpc) is 3.35. The zero-order valence-electron chi connectivity index (χ0n) is 13.6. The molecular formula is C16H24N2O4S2. The SMILES string of the molecule is O=S(=O)(NC1CCCCCC1)c1cccc(S(=O)(=O)NC2CC2)c1. The first-order valence-electron chi connectivity index (χ1n) is 8.51. The van der Waals surface area contributed by atoms with Gasteiger partial charge in [0.1, 0.15) is 0 Å². The van der Waals surface area contributed by atoms with Gasteiger partial charge in [-0.25, -0.2) is 26.3 Å². The second-order valence-electron chi connectivity index (χ2n) is 6.68. The van der Waals surface area contributed by atoms with Crippen molar-refractivity contribution in [1.29, 1.82) is 0 Å². The molecule has 0 unspecified atom stereocenters.